The van der Waals surface area contributed by atoms with Crippen molar-refractivity contribution in [2.75, 3.05) is 51.4 Å². The molecule has 0 amide bonds. The van der Waals surface area contributed by atoms with E-state index >= 15 is 0 Å². The van der Waals surface area contributed by atoms with Crippen LogP contribution in [-0.4, -0.2) is 81.3 Å². The van der Waals surface area contributed by atoms with Gasteiger partial charge in [0.15, 0.2) is 4.75 Å². The van der Waals surface area contributed by atoms with Crippen LogP contribution in [0.15, 0.2) is 36.7 Å². The summed E-state index contributed by atoms with van der Waals surface area (Å²) >= 11 is 0. The van der Waals surface area contributed by atoms with Crippen LogP contribution >= 0.6 is 0 Å². The van der Waals surface area contributed by atoms with Gasteiger partial charge in [0.25, 0.3) is 0 Å². The van der Waals surface area contributed by atoms with Crippen molar-refractivity contribution in [1.29, 1.82) is 0 Å². The van der Waals surface area contributed by atoms with Gasteiger partial charge in [-0.25, -0.2) is 18.5 Å². The van der Waals surface area contributed by atoms with Gasteiger partial charge in [-0.15, -0.1) is 0 Å². The topological polar surface area (TPSA) is 94.1 Å². The second-order valence-corrected chi connectivity index (χ2v) is 11.6. The Kier molecular flexibility index (Phi) is 7.73. The van der Waals surface area contributed by atoms with E-state index in [2.05, 4.69) is 14.9 Å². The minimum absolute atomic E-state index is 0.394. The molecule has 35 heavy (non-hydrogen) atoms. The van der Waals surface area contributed by atoms with Gasteiger partial charge in [0, 0.05) is 57.3 Å². The summed E-state index contributed by atoms with van der Waals surface area (Å²) in [5.41, 5.74) is 1.30. The highest BCUT2D eigenvalue weighted by atomic mass is 32.2. The highest BCUT2D eigenvalue weighted by Gasteiger charge is 2.51. The molecule has 1 unspecified atom stereocenters. The van der Waals surface area contributed by atoms with Crippen molar-refractivity contribution in [2.45, 2.75) is 44.0 Å². The molecule has 0 aliphatic carbocycles. The summed E-state index contributed by atoms with van der Waals surface area (Å²) in [6.45, 7) is 8.63. The summed E-state index contributed by atoms with van der Waals surface area (Å²) in [7, 11) is 0.124. The van der Waals surface area contributed by atoms with Crippen molar-refractivity contribution in [2.24, 2.45) is 0 Å². The van der Waals surface area contributed by atoms with Gasteiger partial charge >= 0.3 is 5.97 Å². The van der Waals surface area contributed by atoms with E-state index in [4.69, 9.17) is 14.2 Å². The number of anilines is 1. The lowest BCUT2D eigenvalue weighted by Crippen LogP contribution is -2.58. The number of aromatic nitrogens is 2. The number of piperazine rings is 1. The molecule has 2 aromatic rings. The predicted molar refractivity (Wildman–Crippen MR) is 135 cm³/mol. The Morgan fingerprint density at radius 1 is 1.00 bits per heavy atom. The van der Waals surface area contributed by atoms with Crippen LogP contribution in [0.2, 0.25) is 0 Å². The Labute approximate surface area is 209 Å². The van der Waals surface area contributed by atoms with E-state index in [1.807, 2.05) is 61.7 Å². The fourth-order valence-electron chi connectivity index (χ4n) is 4.24. The fraction of sp³-hybridized carbons (Fsp3) is 0.560. The van der Waals surface area contributed by atoms with Gasteiger partial charge in [0.1, 0.15) is 22.3 Å². The molecule has 10 heteroatoms. The predicted octanol–water partition coefficient (Wildman–Crippen LogP) is 2.83. The number of hydrogen-bond acceptors (Lipinski definition) is 8. The molecule has 1 atom stereocenters. The van der Waals surface area contributed by atoms with Crippen molar-refractivity contribution in [3.63, 3.8) is 0 Å². The zero-order valence-corrected chi connectivity index (χ0v) is 21.7. The summed E-state index contributed by atoms with van der Waals surface area (Å²) in [5, 5.41) is 0. The highest BCUT2D eigenvalue weighted by molar-refractivity contribution is 7.85. The lowest BCUT2D eigenvalue weighted by atomic mass is 9.99. The number of ether oxygens (including phenoxy) is 3. The van der Waals surface area contributed by atoms with E-state index < -0.39 is 27.3 Å². The number of carbonyl (C=O) groups is 1. The van der Waals surface area contributed by atoms with Crippen molar-refractivity contribution < 1.29 is 23.2 Å². The molecule has 0 N–H and O–H groups in total. The van der Waals surface area contributed by atoms with Crippen LogP contribution in [0.1, 0.15) is 33.6 Å². The summed E-state index contributed by atoms with van der Waals surface area (Å²) in [6, 6.07) is 7.76. The molecule has 1 aromatic heterocycles. The number of carbonyl (C=O) groups excluding carboxylic acids is 1. The van der Waals surface area contributed by atoms with Gasteiger partial charge in [-0.1, -0.05) is 12.1 Å². The molecular formula is C25H34N4O5S. The molecular weight excluding hydrogens is 468 g/mol. The van der Waals surface area contributed by atoms with Crippen LogP contribution < -0.4 is 9.64 Å². The molecule has 0 bridgehead atoms. The SMILES string of the molecule is COc1ccc(-c2cnc(N3CCN(S(=O)C4(C(=O)OC(C)(C)C)CCOCC4)CC3)nc2)cc1. The molecule has 2 fully saturated rings. The highest BCUT2D eigenvalue weighted by Crippen LogP contribution is 2.33. The van der Waals surface area contributed by atoms with E-state index in [0.29, 0.717) is 58.2 Å². The molecule has 1 aromatic carbocycles. The second-order valence-electron chi connectivity index (χ2n) is 9.77. The van der Waals surface area contributed by atoms with Crippen molar-refractivity contribution in [3.8, 4) is 16.9 Å². The number of benzene rings is 1. The lowest BCUT2D eigenvalue weighted by Gasteiger charge is -2.41. The van der Waals surface area contributed by atoms with Gasteiger partial charge < -0.3 is 19.1 Å². The average Bonchev–Trinajstić information content (AvgIpc) is 2.88. The minimum Gasteiger partial charge on any atom is -0.497 e. The molecule has 4 rings (SSSR count). The van der Waals surface area contributed by atoms with E-state index in [0.717, 1.165) is 16.9 Å². The van der Waals surface area contributed by atoms with Gasteiger partial charge in [0.2, 0.25) is 5.95 Å². The maximum absolute atomic E-state index is 13.7. The third-order valence-corrected chi connectivity index (χ3v) is 8.30. The van der Waals surface area contributed by atoms with E-state index in [1.54, 1.807) is 7.11 Å². The van der Waals surface area contributed by atoms with Crippen LogP contribution in [0, 0.1) is 0 Å². The molecule has 3 heterocycles. The maximum atomic E-state index is 13.7. The maximum Gasteiger partial charge on any atom is 0.326 e. The summed E-state index contributed by atoms with van der Waals surface area (Å²) in [6.07, 6.45) is 4.41. The van der Waals surface area contributed by atoms with Crippen molar-refractivity contribution >= 4 is 22.9 Å². The van der Waals surface area contributed by atoms with Crippen molar-refractivity contribution in [3.05, 3.63) is 36.7 Å². The Balaban J connectivity index is 1.40. The van der Waals surface area contributed by atoms with Gasteiger partial charge in [-0.2, -0.15) is 0 Å². The molecule has 2 aliphatic heterocycles. The molecule has 190 valence electrons. The summed E-state index contributed by atoms with van der Waals surface area (Å²) < 4.78 is 30.9. The Bertz CT molecular complexity index is 1030. The number of esters is 1. The largest absolute Gasteiger partial charge is 0.497 e. The summed E-state index contributed by atoms with van der Waals surface area (Å²) in [4.78, 5) is 24.4. The average molecular weight is 503 g/mol. The zero-order valence-electron chi connectivity index (χ0n) is 20.9. The monoisotopic (exact) mass is 502 g/mol. The van der Waals surface area contributed by atoms with Crippen LogP contribution in [0.5, 0.6) is 5.75 Å². The normalized spacial score (nSPS) is 19.7. The molecule has 9 nitrogen and oxygen atoms in total. The first kappa shape index (κ1) is 25.5. The van der Waals surface area contributed by atoms with Gasteiger partial charge in [-0.3, -0.25) is 4.79 Å². The van der Waals surface area contributed by atoms with E-state index in [9.17, 15) is 9.00 Å². The van der Waals surface area contributed by atoms with Crippen LogP contribution in [-0.2, 0) is 25.3 Å². The van der Waals surface area contributed by atoms with Crippen LogP contribution in [0.4, 0.5) is 5.95 Å². The standard InChI is InChI=1S/C25H34N4O5S/c1-24(2,3)34-22(30)25(9-15-33-16-10-25)35(31)29-13-11-28(12-14-29)23-26-17-20(18-27-23)19-5-7-21(32-4)8-6-19/h5-8,17-18H,9-16H2,1-4H3. The van der Waals surface area contributed by atoms with Crippen LogP contribution in [0.3, 0.4) is 0 Å². The molecule has 0 saturated carbocycles. The quantitative estimate of drug-likeness (QED) is 0.557. The van der Waals surface area contributed by atoms with E-state index in [-0.39, 0.29) is 0 Å². The smallest absolute Gasteiger partial charge is 0.326 e. The third kappa shape index (κ3) is 5.82. The number of rotatable bonds is 6. The Morgan fingerprint density at radius 3 is 2.14 bits per heavy atom. The second kappa shape index (κ2) is 10.6. The number of hydrogen-bond donors (Lipinski definition) is 0. The fourth-order valence-corrected chi connectivity index (χ4v) is 5.93. The number of methoxy groups -OCH3 is 1. The van der Waals surface area contributed by atoms with Gasteiger partial charge in [-0.05, 0) is 51.3 Å². The Morgan fingerprint density at radius 2 is 1.60 bits per heavy atom. The Hall–Kier alpha value is -2.56. The zero-order chi connectivity index (χ0) is 25.1. The first-order valence-corrected chi connectivity index (χ1v) is 13.0. The third-order valence-electron chi connectivity index (χ3n) is 6.22. The molecule has 2 aliphatic rings. The summed E-state index contributed by atoms with van der Waals surface area (Å²) in [5.74, 6) is 1.04. The van der Waals surface area contributed by atoms with E-state index in [1.165, 1.54) is 0 Å². The molecule has 2 saturated heterocycles. The van der Waals surface area contributed by atoms with Crippen LogP contribution in [0.25, 0.3) is 11.1 Å². The number of nitrogens with zero attached hydrogens (tertiary/aromatic N) is 4. The van der Waals surface area contributed by atoms with Crippen molar-refractivity contribution in [1.82, 2.24) is 14.3 Å². The molecule has 0 spiro atoms. The molecule has 0 radical (unpaired) electrons. The first-order valence-electron chi connectivity index (χ1n) is 11.9. The first-order chi connectivity index (χ1) is 16.7. The van der Waals surface area contributed by atoms with Gasteiger partial charge in [0.05, 0.1) is 7.11 Å². The minimum atomic E-state index is -1.52. The lowest BCUT2D eigenvalue weighted by molar-refractivity contribution is -0.160.